The second kappa shape index (κ2) is 7.22. The Bertz CT molecular complexity index is 494. The van der Waals surface area contributed by atoms with Crippen molar-refractivity contribution in [1.82, 2.24) is 15.1 Å². The Hall–Kier alpha value is -1.15. The largest absolute Gasteiger partial charge is 0.390 e. The van der Waals surface area contributed by atoms with Gasteiger partial charge in [-0.25, -0.2) is 0 Å². The molecule has 0 aliphatic carbocycles. The fraction of sp³-hybridized carbons (Fsp3) is 0.692. The summed E-state index contributed by atoms with van der Waals surface area (Å²) in [6.07, 6.45) is 0.562. The van der Waals surface area contributed by atoms with Gasteiger partial charge in [0.15, 0.2) is 5.69 Å². The van der Waals surface area contributed by atoms with Crippen LogP contribution in [0.15, 0.2) is 6.20 Å². The topological polar surface area (TPSA) is 85.6 Å². The fourth-order valence-electron chi connectivity index (χ4n) is 2.24. The molecule has 118 valence electrons. The van der Waals surface area contributed by atoms with E-state index in [2.05, 4.69) is 10.4 Å². The number of ether oxygens (including phenoxy) is 2. The number of rotatable bonds is 5. The quantitative estimate of drug-likeness (QED) is 0.816. The molecule has 0 spiro atoms. The molecular formula is C13H20ClN3O4. The Labute approximate surface area is 128 Å². The number of nitrogens with zero attached hydrogens (tertiary/aromatic N) is 2. The molecule has 1 saturated heterocycles. The summed E-state index contributed by atoms with van der Waals surface area (Å²) in [6, 6.07) is 0. The lowest BCUT2D eigenvalue weighted by atomic mass is 9.96. The Morgan fingerprint density at radius 1 is 1.67 bits per heavy atom. The van der Waals surface area contributed by atoms with Crippen LogP contribution in [0.3, 0.4) is 0 Å². The standard InChI is InChI=1S/C13H20ClN3O4/c1-3-17-5-9(14)11(16-17)13(19)15-4-8-6-21-7-10(20-2)12(8)18/h5,8,10,12,18H,3-4,6-7H2,1-2H3,(H,15,19)/t8-,10-,12+/m1/s1. The molecule has 2 rings (SSSR count). The zero-order valence-electron chi connectivity index (χ0n) is 12.1. The average molecular weight is 318 g/mol. The molecule has 0 saturated carbocycles. The van der Waals surface area contributed by atoms with Gasteiger partial charge in [0, 0.05) is 32.3 Å². The normalized spacial score (nSPS) is 25.8. The summed E-state index contributed by atoms with van der Waals surface area (Å²) >= 11 is 5.98. The molecule has 0 radical (unpaired) electrons. The number of carbonyl (C=O) groups is 1. The molecule has 1 amide bonds. The summed E-state index contributed by atoms with van der Waals surface area (Å²) < 4.78 is 12.1. The second-order valence-electron chi connectivity index (χ2n) is 4.95. The summed E-state index contributed by atoms with van der Waals surface area (Å²) in [6.45, 7) is 3.55. The van der Waals surface area contributed by atoms with E-state index in [-0.39, 0.29) is 30.2 Å². The van der Waals surface area contributed by atoms with Crippen molar-refractivity contribution in [2.75, 3.05) is 26.9 Å². The van der Waals surface area contributed by atoms with Crippen molar-refractivity contribution in [3.63, 3.8) is 0 Å². The van der Waals surface area contributed by atoms with E-state index in [0.29, 0.717) is 24.8 Å². The van der Waals surface area contributed by atoms with Crippen LogP contribution in [0.5, 0.6) is 0 Å². The van der Waals surface area contributed by atoms with Crippen LogP contribution in [0, 0.1) is 5.92 Å². The van der Waals surface area contributed by atoms with Crippen molar-refractivity contribution in [3.05, 3.63) is 16.9 Å². The van der Waals surface area contributed by atoms with Crippen molar-refractivity contribution >= 4 is 17.5 Å². The number of carbonyl (C=O) groups excluding carboxylic acids is 1. The van der Waals surface area contributed by atoms with Gasteiger partial charge in [0.05, 0.1) is 24.3 Å². The van der Waals surface area contributed by atoms with E-state index in [1.807, 2.05) is 6.92 Å². The number of aliphatic hydroxyl groups excluding tert-OH is 1. The minimum Gasteiger partial charge on any atom is -0.390 e. The minimum absolute atomic E-state index is 0.188. The third-order valence-corrected chi connectivity index (χ3v) is 3.84. The maximum absolute atomic E-state index is 12.1. The number of aliphatic hydroxyl groups is 1. The number of aryl methyl sites for hydroxylation is 1. The van der Waals surface area contributed by atoms with Gasteiger partial charge in [-0.3, -0.25) is 9.48 Å². The molecule has 1 aliphatic heterocycles. The third kappa shape index (κ3) is 3.74. The third-order valence-electron chi connectivity index (χ3n) is 3.56. The molecule has 2 heterocycles. The van der Waals surface area contributed by atoms with Crippen LogP contribution in [-0.4, -0.2) is 59.9 Å². The van der Waals surface area contributed by atoms with E-state index in [0.717, 1.165) is 0 Å². The van der Waals surface area contributed by atoms with Gasteiger partial charge in [0.25, 0.3) is 5.91 Å². The van der Waals surface area contributed by atoms with Crippen LogP contribution < -0.4 is 5.32 Å². The lowest BCUT2D eigenvalue weighted by molar-refractivity contribution is -0.132. The first-order chi connectivity index (χ1) is 10.1. The summed E-state index contributed by atoms with van der Waals surface area (Å²) in [5, 5.41) is 17.2. The van der Waals surface area contributed by atoms with Crippen molar-refractivity contribution in [2.45, 2.75) is 25.7 Å². The van der Waals surface area contributed by atoms with E-state index < -0.39 is 6.10 Å². The van der Waals surface area contributed by atoms with E-state index in [4.69, 9.17) is 21.1 Å². The number of aromatic nitrogens is 2. The molecule has 7 nitrogen and oxygen atoms in total. The molecule has 1 aromatic rings. The summed E-state index contributed by atoms with van der Waals surface area (Å²) in [5.41, 5.74) is 0.188. The van der Waals surface area contributed by atoms with Gasteiger partial charge in [-0.1, -0.05) is 11.6 Å². The Balaban J connectivity index is 1.92. The summed E-state index contributed by atoms with van der Waals surface area (Å²) in [4.78, 5) is 12.1. The van der Waals surface area contributed by atoms with Gasteiger partial charge in [-0.15, -0.1) is 0 Å². The van der Waals surface area contributed by atoms with Crippen molar-refractivity contribution in [2.24, 2.45) is 5.92 Å². The highest BCUT2D eigenvalue weighted by Gasteiger charge is 2.33. The minimum atomic E-state index is -0.673. The Morgan fingerprint density at radius 2 is 2.43 bits per heavy atom. The smallest absolute Gasteiger partial charge is 0.273 e. The highest BCUT2D eigenvalue weighted by Crippen LogP contribution is 2.18. The van der Waals surface area contributed by atoms with Gasteiger partial charge >= 0.3 is 0 Å². The molecule has 0 bridgehead atoms. The van der Waals surface area contributed by atoms with Crippen LogP contribution in [-0.2, 0) is 16.0 Å². The average Bonchev–Trinajstić information content (AvgIpc) is 2.87. The van der Waals surface area contributed by atoms with Crippen molar-refractivity contribution in [3.8, 4) is 0 Å². The van der Waals surface area contributed by atoms with Gasteiger partial charge < -0.3 is 19.9 Å². The lowest BCUT2D eigenvalue weighted by Gasteiger charge is -2.33. The van der Waals surface area contributed by atoms with E-state index >= 15 is 0 Å². The van der Waals surface area contributed by atoms with E-state index in [1.165, 1.54) is 7.11 Å². The van der Waals surface area contributed by atoms with Gasteiger partial charge in [-0.2, -0.15) is 5.10 Å². The van der Waals surface area contributed by atoms with Crippen LogP contribution in [0.4, 0.5) is 0 Å². The maximum Gasteiger partial charge on any atom is 0.273 e. The molecule has 0 aromatic carbocycles. The monoisotopic (exact) mass is 317 g/mol. The lowest BCUT2D eigenvalue weighted by Crippen LogP contribution is -2.49. The van der Waals surface area contributed by atoms with Crippen LogP contribution in [0.2, 0.25) is 5.02 Å². The summed E-state index contributed by atoms with van der Waals surface area (Å²) in [7, 11) is 1.52. The van der Waals surface area contributed by atoms with Gasteiger partial charge in [0.2, 0.25) is 0 Å². The zero-order chi connectivity index (χ0) is 15.4. The Morgan fingerprint density at radius 3 is 3.05 bits per heavy atom. The first kappa shape index (κ1) is 16.2. The zero-order valence-corrected chi connectivity index (χ0v) is 12.8. The van der Waals surface area contributed by atoms with E-state index in [9.17, 15) is 9.90 Å². The highest BCUT2D eigenvalue weighted by atomic mass is 35.5. The second-order valence-corrected chi connectivity index (χ2v) is 5.36. The van der Waals surface area contributed by atoms with Gasteiger partial charge in [-0.05, 0) is 6.92 Å². The molecular weight excluding hydrogens is 298 g/mol. The SMILES string of the molecule is CCn1cc(Cl)c(C(=O)NC[C@@H]2COC[C@@H](OC)[C@H]2O)n1. The molecule has 8 heteroatoms. The molecule has 21 heavy (non-hydrogen) atoms. The van der Waals surface area contributed by atoms with Crippen LogP contribution >= 0.6 is 11.6 Å². The van der Waals surface area contributed by atoms with Crippen LogP contribution in [0.1, 0.15) is 17.4 Å². The molecule has 2 N–H and O–H groups in total. The molecule has 1 aliphatic rings. The predicted molar refractivity (Wildman–Crippen MR) is 76.4 cm³/mol. The molecule has 0 unspecified atom stereocenters. The maximum atomic E-state index is 12.1. The van der Waals surface area contributed by atoms with Crippen LogP contribution in [0.25, 0.3) is 0 Å². The predicted octanol–water partition coefficient (Wildman–Crippen LogP) is 0.308. The number of hydrogen-bond donors (Lipinski definition) is 2. The number of nitrogens with one attached hydrogen (secondary N) is 1. The summed E-state index contributed by atoms with van der Waals surface area (Å²) in [5.74, 6) is -0.585. The van der Waals surface area contributed by atoms with Crippen molar-refractivity contribution < 1.29 is 19.4 Å². The first-order valence-corrected chi connectivity index (χ1v) is 7.24. The number of amides is 1. The van der Waals surface area contributed by atoms with Crippen molar-refractivity contribution in [1.29, 1.82) is 0 Å². The number of hydrogen-bond acceptors (Lipinski definition) is 5. The molecule has 1 aromatic heterocycles. The number of methoxy groups -OCH3 is 1. The molecule has 1 fully saturated rings. The number of halogens is 1. The van der Waals surface area contributed by atoms with E-state index in [1.54, 1.807) is 10.9 Å². The fourth-order valence-corrected chi connectivity index (χ4v) is 2.48. The Kier molecular flexibility index (Phi) is 5.58. The first-order valence-electron chi connectivity index (χ1n) is 6.86. The van der Waals surface area contributed by atoms with Gasteiger partial charge in [0.1, 0.15) is 6.10 Å². The molecule has 3 atom stereocenters. The highest BCUT2D eigenvalue weighted by molar-refractivity contribution is 6.33.